The van der Waals surface area contributed by atoms with E-state index in [0.717, 1.165) is 16.0 Å². The van der Waals surface area contributed by atoms with Gasteiger partial charge in [-0.05, 0) is 44.9 Å². The van der Waals surface area contributed by atoms with E-state index < -0.39 is 65.7 Å². The molecule has 4 aliphatic heterocycles. The number of nitrogens with one attached hydrogen (secondary N) is 1. The van der Waals surface area contributed by atoms with E-state index in [1.807, 2.05) is 13.0 Å². The first-order chi connectivity index (χ1) is 28.0. The van der Waals surface area contributed by atoms with Crippen LogP contribution in [-0.4, -0.2) is 142 Å². The summed E-state index contributed by atoms with van der Waals surface area (Å²) in [7, 11) is 4.48. The van der Waals surface area contributed by atoms with Gasteiger partial charge in [0, 0.05) is 38.6 Å². The van der Waals surface area contributed by atoms with Crippen LogP contribution in [0.2, 0.25) is 5.02 Å². The number of methoxy groups -OCH3 is 2. The summed E-state index contributed by atoms with van der Waals surface area (Å²) in [6.07, 6.45) is 2.21. The smallest absolute Gasteiger partial charge is 0.409 e. The molecule has 18 heteroatoms. The second-order valence-corrected chi connectivity index (χ2v) is 15.5. The van der Waals surface area contributed by atoms with Crippen LogP contribution in [0.4, 0.5) is 10.5 Å². The molecule has 1 aromatic carbocycles. The van der Waals surface area contributed by atoms with Gasteiger partial charge in [0.25, 0.3) is 11.8 Å². The lowest BCUT2D eigenvalue weighted by Gasteiger charge is -2.42. The summed E-state index contributed by atoms with van der Waals surface area (Å²) in [6.45, 7) is 7.80. The average Bonchev–Trinajstić information content (AvgIpc) is 3.79. The van der Waals surface area contributed by atoms with Crippen molar-refractivity contribution in [1.29, 1.82) is 0 Å². The molecule has 2 N–H and O–H groups in total. The highest BCUT2D eigenvalue weighted by atomic mass is 35.5. The summed E-state index contributed by atoms with van der Waals surface area (Å²) in [4.78, 5) is 66.3. The fraction of sp³-hybridized carbons (Fsp3) is 0.585. The highest BCUT2D eigenvalue weighted by Gasteiger charge is 2.64. The molecule has 4 aliphatic rings. The van der Waals surface area contributed by atoms with Crippen LogP contribution in [-0.2, 0) is 58.8 Å². The first-order valence-electron chi connectivity index (χ1n) is 19.4. The number of hydrogen-bond donors (Lipinski definition) is 2. The molecule has 0 saturated carbocycles. The molecule has 59 heavy (non-hydrogen) atoms. The number of nitrogens with zero attached hydrogens (tertiary/aromatic N) is 2. The average molecular weight is 848 g/mol. The fourth-order valence-electron chi connectivity index (χ4n) is 7.32. The lowest BCUT2D eigenvalue weighted by molar-refractivity contribution is -0.166. The van der Waals surface area contributed by atoms with Crippen LogP contribution in [0.3, 0.4) is 0 Å². The molecule has 2 saturated heterocycles. The Labute approximate surface area is 348 Å². The SMILES string of the molecule is COc1cc2cc(c1Cl)N(C)C(=O)C[C@H](OC(=O)[C@H](C)OCCOCCOCCN1C(=O)C=CC1=O)[C@]1(C)O[C@H]1[C@H](C)C1C[C@@](O)(NC(=O)O1)[C@H](OC)/C=C/C=C(\C)C2. The standard InChI is InChI=1S/C41H54ClN3O14/c1-24-9-8-10-31(53-7)41(51)23-30(57-39(50)43-41)25(2)37-40(4,59-37)32(22-35(48)44(5)28-20-27(19-24)21-29(52-6)36(28)42)58-38(49)26(3)56-18-17-55-16-15-54-14-13-45-33(46)11-12-34(45)47/h8-12,20-21,25-26,30-32,37,51H,13-19,22-23H2,1-7H3,(H,43,50)/b10-8+,24-9+/t25-,26+,30?,31-,32+,37+,40+,41+/m1/s1. The van der Waals surface area contributed by atoms with Crippen molar-refractivity contribution < 1.29 is 67.0 Å². The monoisotopic (exact) mass is 847 g/mol. The first-order valence-corrected chi connectivity index (χ1v) is 19.8. The molecule has 4 bridgehead atoms. The van der Waals surface area contributed by atoms with Gasteiger partial charge in [-0.2, -0.15) is 0 Å². The summed E-state index contributed by atoms with van der Waals surface area (Å²) in [5, 5.41) is 14.5. The van der Waals surface area contributed by atoms with Crippen molar-refractivity contribution in [3.63, 3.8) is 0 Å². The van der Waals surface area contributed by atoms with Crippen LogP contribution in [0.1, 0.15) is 46.1 Å². The maximum atomic E-state index is 14.1. The van der Waals surface area contributed by atoms with E-state index in [0.29, 0.717) is 17.9 Å². The lowest BCUT2D eigenvalue weighted by Crippen LogP contribution is -2.63. The number of amides is 4. The zero-order valence-corrected chi connectivity index (χ0v) is 35.2. The Morgan fingerprint density at radius 1 is 1.07 bits per heavy atom. The normalized spacial score (nSPS) is 30.5. The second kappa shape index (κ2) is 19.8. The zero-order valence-electron chi connectivity index (χ0n) is 34.4. The van der Waals surface area contributed by atoms with E-state index in [1.54, 1.807) is 45.2 Å². The van der Waals surface area contributed by atoms with E-state index in [4.69, 9.17) is 49.5 Å². The number of alkyl carbamates (subject to hydrolysis) is 1. The van der Waals surface area contributed by atoms with Crippen LogP contribution >= 0.6 is 11.6 Å². The molecule has 1 aromatic rings. The van der Waals surface area contributed by atoms with Gasteiger partial charge in [0.05, 0.1) is 64.9 Å². The number of hydrogen-bond acceptors (Lipinski definition) is 14. The van der Waals surface area contributed by atoms with Crippen molar-refractivity contribution in [2.75, 3.05) is 65.7 Å². The van der Waals surface area contributed by atoms with Crippen molar-refractivity contribution in [1.82, 2.24) is 10.2 Å². The van der Waals surface area contributed by atoms with Crippen LogP contribution in [0.5, 0.6) is 5.75 Å². The fourth-order valence-corrected chi connectivity index (χ4v) is 7.64. The topological polar surface area (TPSA) is 201 Å². The molecule has 0 spiro atoms. The first kappa shape index (κ1) is 45.7. The Morgan fingerprint density at radius 3 is 2.42 bits per heavy atom. The van der Waals surface area contributed by atoms with Gasteiger partial charge < -0.3 is 47.9 Å². The van der Waals surface area contributed by atoms with Crippen molar-refractivity contribution in [3.8, 4) is 5.75 Å². The summed E-state index contributed by atoms with van der Waals surface area (Å²) in [6, 6.07) is 3.57. The number of rotatable bonds is 14. The molecule has 324 valence electrons. The Balaban J connectivity index is 1.29. The molecule has 17 nitrogen and oxygen atoms in total. The molecule has 0 aromatic heterocycles. The van der Waals surface area contributed by atoms with Crippen LogP contribution in [0.15, 0.2) is 48.1 Å². The molecule has 8 atom stereocenters. The minimum absolute atomic E-state index is 0.0332. The lowest BCUT2D eigenvalue weighted by atomic mass is 9.83. The van der Waals surface area contributed by atoms with Gasteiger partial charge in [-0.1, -0.05) is 42.3 Å². The largest absolute Gasteiger partial charge is 0.495 e. The van der Waals surface area contributed by atoms with E-state index in [1.165, 1.54) is 38.2 Å². The zero-order chi connectivity index (χ0) is 43.1. The Kier molecular flexibility index (Phi) is 15.3. The minimum Gasteiger partial charge on any atom is -0.495 e. The predicted octanol–water partition coefficient (Wildman–Crippen LogP) is 3.03. The number of allylic oxidation sites excluding steroid dienone is 3. The summed E-state index contributed by atoms with van der Waals surface area (Å²) in [5.41, 5.74) is -0.957. The number of benzene rings is 1. The van der Waals surface area contributed by atoms with Gasteiger partial charge in [0.15, 0.2) is 11.8 Å². The summed E-state index contributed by atoms with van der Waals surface area (Å²) in [5.74, 6) is -2.12. The van der Waals surface area contributed by atoms with Crippen LogP contribution < -0.4 is 15.0 Å². The highest BCUT2D eigenvalue weighted by Crippen LogP contribution is 2.49. The summed E-state index contributed by atoms with van der Waals surface area (Å²) >= 11 is 6.76. The third-order valence-electron chi connectivity index (χ3n) is 10.9. The van der Waals surface area contributed by atoms with Gasteiger partial charge in [-0.25, -0.2) is 9.59 Å². The number of anilines is 1. The minimum atomic E-state index is -1.84. The van der Waals surface area contributed by atoms with Gasteiger partial charge in [-0.15, -0.1) is 0 Å². The van der Waals surface area contributed by atoms with E-state index >= 15 is 0 Å². The van der Waals surface area contributed by atoms with Crippen molar-refractivity contribution in [2.45, 2.75) is 88.8 Å². The molecule has 0 radical (unpaired) electrons. The molecule has 0 aliphatic carbocycles. The van der Waals surface area contributed by atoms with E-state index in [2.05, 4.69) is 5.32 Å². The molecule has 4 amide bonds. The Hall–Kier alpha value is -4.36. The van der Waals surface area contributed by atoms with Crippen LogP contribution in [0.25, 0.3) is 0 Å². The van der Waals surface area contributed by atoms with Gasteiger partial charge >= 0.3 is 12.1 Å². The van der Waals surface area contributed by atoms with Crippen molar-refractivity contribution in [3.05, 3.63) is 58.7 Å². The number of carbonyl (C=O) groups excluding carboxylic acids is 5. The number of aliphatic hydroxyl groups is 1. The molecule has 2 fully saturated rings. The maximum absolute atomic E-state index is 14.1. The van der Waals surface area contributed by atoms with Crippen molar-refractivity contribution in [2.24, 2.45) is 5.92 Å². The number of fused-ring (bicyclic) bond motifs is 5. The molecule has 1 unspecified atom stereocenters. The molecule has 5 rings (SSSR count). The van der Waals surface area contributed by atoms with E-state index in [9.17, 15) is 29.1 Å². The second-order valence-electron chi connectivity index (χ2n) is 15.1. The van der Waals surface area contributed by atoms with E-state index in [-0.39, 0.29) is 69.3 Å². The number of epoxide rings is 1. The highest BCUT2D eigenvalue weighted by molar-refractivity contribution is 6.35. The molecule has 4 heterocycles. The third kappa shape index (κ3) is 11.1. The van der Waals surface area contributed by atoms with Gasteiger partial charge in [0.2, 0.25) is 5.91 Å². The number of ether oxygens (including phenoxy) is 8. The number of carbonyl (C=O) groups is 5. The van der Waals surface area contributed by atoms with Crippen LogP contribution in [0, 0.1) is 5.92 Å². The summed E-state index contributed by atoms with van der Waals surface area (Å²) < 4.78 is 45.8. The number of imide groups is 1. The number of esters is 1. The van der Waals surface area contributed by atoms with Gasteiger partial charge in [0.1, 0.15) is 34.7 Å². The molecular weight excluding hydrogens is 794 g/mol. The Bertz CT molecular complexity index is 1820. The Morgan fingerprint density at radius 2 is 1.75 bits per heavy atom. The number of halogens is 1. The van der Waals surface area contributed by atoms with Gasteiger partial charge in [-0.3, -0.25) is 24.6 Å². The molecular formula is C41H54ClN3O14. The predicted molar refractivity (Wildman–Crippen MR) is 212 cm³/mol. The van der Waals surface area contributed by atoms with Crippen molar-refractivity contribution >= 4 is 47.1 Å². The quantitative estimate of drug-likeness (QED) is 0.120. The third-order valence-corrected chi connectivity index (χ3v) is 11.2. The maximum Gasteiger partial charge on any atom is 0.409 e.